The molecule has 0 unspecified atom stereocenters. The van der Waals surface area contributed by atoms with Gasteiger partial charge in [0.25, 0.3) is 0 Å². The fraction of sp³-hybridized carbons (Fsp3) is 0.250. The third kappa shape index (κ3) is 3.06. The first-order chi connectivity index (χ1) is 7.78. The van der Waals surface area contributed by atoms with Gasteiger partial charge in [0.05, 0.1) is 11.4 Å². The number of thiazole rings is 1. The van der Waals surface area contributed by atoms with Crippen LogP contribution < -0.4 is 0 Å². The van der Waals surface area contributed by atoms with Crippen molar-refractivity contribution in [2.24, 2.45) is 0 Å². The molecule has 1 aromatic heterocycles. The van der Waals surface area contributed by atoms with E-state index in [1.165, 1.54) is 12.1 Å². The van der Waals surface area contributed by atoms with E-state index in [1.807, 2.05) is 0 Å². The molecule has 0 saturated carbocycles. The van der Waals surface area contributed by atoms with E-state index >= 15 is 0 Å². The van der Waals surface area contributed by atoms with Gasteiger partial charge in [-0.25, -0.2) is 9.37 Å². The lowest BCUT2D eigenvalue weighted by Gasteiger charge is -1.98. The Labute approximate surface area is 103 Å². The van der Waals surface area contributed by atoms with Crippen molar-refractivity contribution in [3.05, 3.63) is 46.2 Å². The van der Waals surface area contributed by atoms with Crippen LogP contribution in [0.3, 0.4) is 0 Å². The maximum absolute atomic E-state index is 12.7. The Morgan fingerprint density at radius 1 is 1.31 bits per heavy atom. The van der Waals surface area contributed by atoms with Crippen LogP contribution in [0.25, 0.3) is 0 Å². The predicted molar refractivity (Wildman–Crippen MR) is 67.5 cm³/mol. The first-order valence-electron chi connectivity index (χ1n) is 5.09. The summed E-state index contributed by atoms with van der Waals surface area (Å²) in [6.07, 6.45) is 0.984. The highest BCUT2D eigenvalue weighted by atomic mass is 32.2. The topological polar surface area (TPSA) is 12.9 Å². The van der Waals surface area contributed by atoms with Crippen LogP contribution in [0.2, 0.25) is 0 Å². The Kier molecular flexibility index (Phi) is 3.96. The van der Waals surface area contributed by atoms with Crippen LogP contribution in [0, 0.1) is 5.82 Å². The standard InChI is InChI=1S/C12H12FNS2/c1-2-10-7-16-12(14-10)8-15-11-5-3-9(13)4-6-11/h3-7H,2,8H2,1H3. The molecule has 0 spiro atoms. The van der Waals surface area contributed by atoms with E-state index in [2.05, 4.69) is 17.3 Å². The number of thioether (sulfide) groups is 1. The van der Waals surface area contributed by atoms with Crippen molar-refractivity contribution in [2.45, 2.75) is 24.0 Å². The summed E-state index contributed by atoms with van der Waals surface area (Å²) in [6, 6.07) is 6.58. The number of rotatable bonds is 4. The van der Waals surface area contributed by atoms with Gasteiger partial charge in [-0.1, -0.05) is 6.92 Å². The number of benzene rings is 1. The summed E-state index contributed by atoms with van der Waals surface area (Å²) in [5.74, 6) is 0.669. The van der Waals surface area contributed by atoms with Crippen LogP contribution in [0.15, 0.2) is 34.5 Å². The largest absolute Gasteiger partial charge is 0.245 e. The summed E-state index contributed by atoms with van der Waals surface area (Å²) in [4.78, 5) is 5.56. The van der Waals surface area contributed by atoms with Crippen molar-refractivity contribution < 1.29 is 4.39 Å². The highest BCUT2D eigenvalue weighted by Crippen LogP contribution is 2.24. The van der Waals surface area contributed by atoms with E-state index in [0.29, 0.717) is 0 Å². The molecule has 1 heterocycles. The average molecular weight is 253 g/mol. The Bertz CT molecular complexity index is 450. The summed E-state index contributed by atoms with van der Waals surface area (Å²) < 4.78 is 12.7. The molecule has 0 aliphatic rings. The molecule has 4 heteroatoms. The molecule has 0 aliphatic carbocycles. The quantitative estimate of drug-likeness (QED) is 0.760. The molecule has 0 atom stereocenters. The number of aromatic nitrogens is 1. The molecule has 2 rings (SSSR count). The van der Waals surface area contributed by atoms with Crippen molar-refractivity contribution in [1.82, 2.24) is 4.98 Å². The summed E-state index contributed by atoms with van der Waals surface area (Å²) >= 11 is 3.38. The maximum atomic E-state index is 12.7. The Hall–Kier alpha value is -0.870. The summed E-state index contributed by atoms with van der Waals surface area (Å²) in [7, 11) is 0. The molecule has 1 nitrogen and oxygen atoms in total. The first-order valence-corrected chi connectivity index (χ1v) is 6.96. The highest BCUT2D eigenvalue weighted by Gasteiger charge is 2.01. The van der Waals surface area contributed by atoms with Crippen LogP contribution in [-0.2, 0) is 12.2 Å². The summed E-state index contributed by atoms with van der Waals surface area (Å²) in [6.45, 7) is 2.10. The number of halogens is 1. The van der Waals surface area contributed by atoms with Gasteiger partial charge >= 0.3 is 0 Å². The lowest BCUT2D eigenvalue weighted by Crippen LogP contribution is -1.82. The summed E-state index contributed by atoms with van der Waals surface area (Å²) in [5.41, 5.74) is 1.15. The zero-order chi connectivity index (χ0) is 11.4. The van der Waals surface area contributed by atoms with Gasteiger partial charge in [0.1, 0.15) is 10.8 Å². The Morgan fingerprint density at radius 2 is 2.06 bits per heavy atom. The normalized spacial score (nSPS) is 10.6. The second-order valence-electron chi connectivity index (χ2n) is 3.33. The molecular weight excluding hydrogens is 241 g/mol. The lowest BCUT2D eigenvalue weighted by molar-refractivity contribution is 0.626. The number of nitrogens with zero attached hydrogens (tertiary/aromatic N) is 1. The molecule has 84 valence electrons. The van der Waals surface area contributed by atoms with E-state index in [0.717, 1.165) is 27.8 Å². The van der Waals surface area contributed by atoms with Gasteiger partial charge < -0.3 is 0 Å². The van der Waals surface area contributed by atoms with E-state index in [-0.39, 0.29) is 5.82 Å². The Balaban J connectivity index is 1.94. The third-order valence-corrected chi connectivity index (χ3v) is 4.24. The van der Waals surface area contributed by atoms with Crippen LogP contribution in [0.5, 0.6) is 0 Å². The minimum atomic E-state index is -0.188. The van der Waals surface area contributed by atoms with Gasteiger partial charge in [-0.2, -0.15) is 0 Å². The second kappa shape index (κ2) is 5.46. The lowest BCUT2D eigenvalue weighted by atomic mass is 10.4. The number of hydrogen-bond donors (Lipinski definition) is 0. The van der Waals surface area contributed by atoms with Gasteiger partial charge in [-0.15, -0.1) is 23.1 Å². The zero-order valence-corrected chi connectivity index (χ0v) is 10.6. The molecule has 0 fully saturated rings. The van der Waals surface area contributed by atoms with Crippen LogP contribution >= 0.6 is 23.1 Å². The van der Waals surface area contributed by atoms with Crippen molar-refractivity contribution in [2.75, 3.05) is 0 Å². The minimum absolute atomic E-state index is 0.188. The maximum Gasteiger partial charge on any atom is 0.123 e. The molecule has 0 N–H and O–H groups in total. The summed E-state index contributed by atoms with van der Waals surface area (Å²) in [5, 5.41) is 3.23. The van der Waals surface area contributed by atoms with E-state index in [4.69, 9.17) is 0 Å². The molecule has 0 bridgehead atoms. The molecule has 1 aromatic carbocycles. The van der Waals surface area contributed by atoms with Crippen LogP contribution in [0.1, 0.15) is 17.6 Å². The van der Waals surface area contributed by atoms with Crippen molar-refractivity contribution in [1.29, 1.82) is 0 Å². The van der Waals surface area contributed by atoms with Crippen molar-refractivity contribution in [3.63, 3.8) is 0 Å². The van der Waals surface area contributed by atoms with Crippen molar-refractivity contribution in [3.8, 4) is 0 Å². The second-order valence-corrected chi connectivity index (χ2v) is 5.32. The predicted octanol–water partition coefficient (Wildman–Crippen LogP) is 4.14. The minimum Gasteiger partial charge on any atom is -0.245 e. The first kappa shape index (κ1) is 11.6. The van der Waals surface area contributed by atoms with Gasteiger partial charge in [-0.3, -0.25) is 0 Å². The van der Waals surface area contributed by atoms with E-state index in [1.54, 1.807) is 35.2 Å². The third-order valence-electron chi connectivity index (χ3n) is 2.14. The van der Waals surface area contributed by atoms with Crippen LogP contribution in [0.4, 0.5) is 4.39 Å². The smallest absolute Gasteiger partial charge is 0.123 e. The molecule has 0 aliphatic heterocycles. The SMILES string of the molecule is CCc1csc(CSc2ccc(F)cc2)n1. The van der Waals surface area contributed by atoms with E-state index < -0.39 is 0 Å². The monoisotopic (exact) mass is 253 g/mol. The number of hydrogen-bond acceptors (Lipinski definition) is 3. The van der Waals surface area contributed by atoms with Gasteiger partial charge in [0.15, 0.2) is 0 Å². The van der Waals surface area contributed by atoms with Crippen LogP contribution in [-0.4, -0.2) is 4.98 Å². The van der Waals surface area contributed by atoms with Gasteiger partial charge in [0.2, 0.25) is 0 Å². The van der Waals surface area contributed by atoms with Crippen molar-refractivity contribution >= 4 is 23.1 Å². The fourth-order valence-corrected chi connectivity index (χ4v) is 3.05. The zero-order valence-electron chi connectivity index (χ0n) is 8.94. The molecule has 0 amide bonds. The molecular formula is C12H12FNS2. The molecule has 16 heavy (non-hydrogen) atoms. The van der Waals surface area contributed by atoms with E-state index in [9.17, 15) is 4.39 Å². The Morgan fingerprint density at radius 3 is 2.69 bits per heavy atom. The molecule has 0 radical (unpaired) electrons. The number of aryl methyl sites for hydroxylation is 1. The van der Waals surface area contributed by atoms with Gasteiger partial charge in [0, 0.05) is 10.3 Å². The molecule has 0 saturated heterocycles. The highest BCUT2D eigenvalue weighted by molar-refractivity contribution is 7.98. The van der Waals surface area contributed by atoms with Gasteiger partial charge in [-0.05, 0) is 30.7 Å². The fourth-order valence-electron chi connectivity index (χ4n) is 1.25. The molecule has 2 aromatic rings. The average Bonchev–Trinajstić information content (AvgIpc) is 2.76.